The summed E-state index contributed by atoms with van der Waals surface area (Å²) in [6.07, 6.45) is 0.917. The first-order chi connectivity index (χ1) is 5.79. The molecule has 1 unspecified atom stereocenters. The molecule has 1 N–H and O–H groups in total. The van der Waals surface area contributed by atoms with Crippen LogP contribution in [-0.2, 0) is 14.9 Å². The topological polar surface area (TPSA) is 86.3 Å². The Balaban J connectivity index is 0. The first kappa shape index (κ1) is 17.3. The van der Waals surface area contributed by atoms with E-state index in [9.17, 15) is 17.8 Å². The summed E-state index contributed by atoms with van der Waals surface area (Å²) in [6, 6.07) is 0. The molecule has 0 bridgehead atoms. The molecule has 0 aliphatic rings. The summed E-state index contributed by atoms with van der Waals surface area (Å²) in [6.45, 7) is 6.21. The van der Waals surface area contributed by atoms with Crippen LogP contribution in [0.4, 0.5) is 0 Å². The molecule has 0 rings (SSSR count). The molecule has 0 aliphatic carbocycles. The maximum absolute atomic E-state index is 10.7. The van der Waals surface area contributed by atoms with Gasteiger partial charge in [-0.15, -0.1) is 0 Å². The fourth-order valence-electron chi connectivity index (χ4n) is 0.771. The third-order valence-electron chi connectivity index (χ3n) is 1.39. The fourth-order valence-corrected chi connectivity index (χ4v) is 1.70. The molecule has 0 heterocycles. The van der Waals surface area contributed by atoms with Gasteiger partial charge in [0.05, 0.1) is 0 Å². The quantitative estimate of drug-likeness (QED) is 0.437. The summed E-state index contributed by atoms with van der Waals surface area (Å²) in [5, 5.41) is 0.658. The summed E-state index contributed by atoms with van der Waals surface area (Å²) in [5.74, 6) is -1.13. The number of carbonyl (C=O) groups excluding carboxylic acids is 1. The zero-order valence-electron chi connectivity index (χ0n) is 8.48. The van der Waals surface area contributed by atoms with Crippen LogP contribution in [-0.4, -0.2) is 24.3 Å². The van der Waals surface area contributed by atoms with Gasteiger partial charge in [-0.05, 0) is 12.0 Å². The molecule has 0 radical (unpaired) electrons. The normalized spacial score (nSPS) is 12.9. The van der Waals surface area contributed by atoms with Gasteiger partial charge in [0.2, 0.25) is 5.91 Å². The van der Waals surface area contributed by atoms with Crippen molar-refractivity contribution in [3.8, 4) is 0 Å². The van der Waals surface area contributed by atoms with E-state index in [4.69, 9.17) is 0 Å². The minimum absolute atomic E-state index is 0. The summed E-state index contributed by atoms with van der Waals surface area (Å²) in [5.41, 5.74) is 0. The minimum atomic E-state index is -4.50. The van der Waals surface area contributed by atoms with E-state index < -0.39 is 27.3 Å². The van der Waals surface area contributed by atoms with Crippen LogP contribution in [0.2, 0.25) is 0 Å². The number of hydrogen-bond donors (Lipinski definition) is 1. The van der Waals surface area contributed by atoms with E-state index in [-0.39, 0.29) is 58.2 Å². The van der Waals surface area contributed by atoms with Gasteiger partial charge in [0.1, 0.15) is 15.5 Å². The summed E-state index contributed by atoms with van der Waals surface area (Å²) >= 11 is 0. The van der Waals surface area contributed by atoms with Gasteiger partial charge >= 0.3 is 58.2 Å². The molecular formula is C7H12NO4RbS. The molecule has 1 atom stereocenters. The Morgan fingerprint density at radius 3 is 2.14 bits per heavy atom. The van der Waals surface area contributed by atoms with Crippen molar-refractivity contribution in [2.45, 2.75) is 19.2 Å². The van der Waals surface area contributed by atoms with Gasteiger partial charge in [0.25, 0.3) is 0 Å². The Hall–Kier alpha value is 0.925. The van der Waals surface area contributed by atoms with E-state index in [1.54, 1.807) is 0 Å². The first-order valence-electron chi connectivity index (χ1n) is 3.66. The van der Waals surface area contributed by atoms with Gasteiger partial charge in [-0.3, -0.25) is 4.79 Å². The van der Waals surface area contributed by atoms with Crippen LogP contribution >= 0.6 is 0 Å². The van der Waals surface area contributed by atoms with E-state index in [0.29, 0.717) is 0 Å². The van der Waals surface area contributed by atoms with Crippen LogP contribution in [0.15, 0.2) is 12.7 Å². The van der Waals surface area contributed by atoms with Crippen molar-refractivity contribution in [1.29, 1.82) is 0 Å². The van der Waals surface area contributed by atoms with Gasteiger partial charge in [-0.1, -0.05) is 20.4 Å². The van der Waals surface area contributed by atoms with Gasteiger partial charge in [-0.25, -0.2) is 8.42 Å². The standard InChI is InChI=1S/C7H13NO4S.Rb/c1-4-6(9)8-7(5(2)3)13(10,11)12;/h4-5,7H,1H2,2-3H3,(H,8,9)(H,10,11,12);/q;+1/p-1. The summed E-state index contributed by atoms with van der Waals surface area (Å²) < 4.78 is 31.9. The Bertz CT molecular complexity index is 299. The first-order valence-corrected chi connectivity index (χ1v) is 5.13. The summed E-state index contributed by atoms with van der Waals surface area (Å²) in [7, 11) is -4.50. The van der Waals surface area contributed by atoms with Crippen molar-refractivity contribution >= 4 is 16.0 Å². The van der Waals surface area contributed by atoms with Crippen molar-refractivity contribution in [3.05, 3.63) is 12.7 Å². The van der Waals surface area contributed by atoms with Crippen LogP contribution in [0.5, 0.6) is 0 Å². The van der Waals surface area contributed by atoms with Crippen molar-refractivity contribution in [2.24, 2.45) is 5.92 Å². The minimum Gasteiger partial charge on any atom is -0.746 e. The average Bonchev–Trinajstić information content (AvgIpc) is 1.96. The Morgan fingerprint density at radius 1 is 1.50 bits per heavy atom. The Kier molecular flexibility index (Phi) is 8.96. The molecule has 0 aromatic carbocycles. The third kappa shape index (κ3) is 6.42. The Labute approximate surface area is 133 Å². The average molecular weight is 292 g/mol. The van der Waals surface area contributed by atoms with Crippen LogP contribution in [0.3, 0.4) is 0 Å². The second-order valence-electron chi connectivity index (χ2n) is 2.87. The third-order valence-corrected chi connectivity index (χ3v) is 2.67. The van der Waals surface area contributed by atoms with Crippen molar-refractivity contribution in [3.63, 3.8) is 0 Å². The number of hydrogen-bond acceptors (Lipinski definition) is 4. The van der Waals surface area contributed by atoms with Crippen LogP contribution in [0.1, 0.15) is 13.8 Å². The van der Waals surface area contributed by atoms with Gasteiger partial charge < -0.3 is 9.87 Å². The fraction of sp³-hybridized carbons (Fsp3) is 0.571. The predicted molar refractivity (Wildman–Crippen MR) is 46.7 cm³/mol. The van der Waals surface area contributed by atoms with Crippen LogP contribution in [0.25, 0.3) is 0 Å². The van der Waals surface area contributed by atoms with Gasteiger partial charge in [0, 0.05) is 0 Å². The molecule has 14 heavy (non-hydrogen) atoms. The monoisotopic (exact) mass is 291 g/mol. The predicted octanol–water partition coefficient (Wildman–Crippen LogP) is -3.18. The molecule has 0 saturated carbocycles. The number of rotatable bonds is 4. The van der Waals surface area contributed by atoms with E-state index in [0.717, 1.165) is 6.08 Å². The zero-order valence-corrected chi connectivity index (χ0v) is 14.2. The smallest absolute Gasteiger partial charge is 0.746 e. The largest absolute Gasteiger partial charge is 1.00 e. The molecule has 0 aliphatic heterocycles. The molecule has 5 nitrogen and oxygen atoms in total. The molecule has 7 heteroatoms. The second kappa shape index (κ2) is 7.24. The number of nitrogens with one attached hydrogen (secondary N) is 1. The Morgan fingerprint density at radius 2 is 1.93 bits per heavy atom. The van der Waals surface area contributed by atoms with Crippen molar-refractivity contribution < 1.29 is 76.0 Å². The molecule has 1 amide bonds. The number of carbonyl (C=O) groups is 1. The van der Waals surface area contributed by atoms with Crippen molar-refractivity contribution in [2.75, 3.05) is 0 Å². The van der Waals surface area contributed by atoms with E-state index in [2.05, 4.69) is 6.58 Å². The molecular weight excluding hydrogens is 280 g/mol. The van der Waals surface area contributed by atoms with Gasteiger partial charge in [-0.2, -0.15) is 0 Å². The SMILES string of the molecule is C=CC(=O)NC(C(C)C)S(=O)(=O)[O-].[Rb+]. The maximum atomic E-state index is 10.7. The zero-order chi connectivity index (χ0) is 10.6. The molecule has 0 saturated heterocycles. The summed E-state index contributed by atoms with van der Waals surface area (Å²) in [4.78, 5) is 10.7. The van der Waals surface area contributed by atoms with Crippen LogP contribution in [0, 0.1) is 5.92 Å². The second-order valence-corrected chi connectivity index (χ2v) is 4.36. The van der Waals surface area contributed by atoms with E-state index >= 15 is 0 Å². The van der Waals surface area contributed by atoms with E-state index in [1.165, 1.54) is 13.8 Å². The van der Waals surface area contributed by atoms with Crippen molar-refractivity contribution in [1.82, 2.24) is 5.32 Å². The van der Waals surface area contributed by atoms with Gasteiger partial charge in [0.15, 0.2) is 0 Å². The molecule has 0 aromatic heterocycles. The molecule has 76 valence electrons. The number of amides is 1. The maximum Gasteiger partial charge on any atom is 1.00 e. The molecule has 0 fully saturated rings. The molecule has 0 aromatic rings. The van der Waals surface area contributed by atoms with E-state index in [1.807, 2.05) is 5.32 Å². The molecule has 0 spiro atoms. The van der Waals surface area contributed by atoms with Crippen LogP contribution < -0.4 is 63.5 Å².